The van der Waals surface area contributed by atoms with Gasteiger partial charge in [-0.1, -0.05) is 24.3 Å². The minimum absolute atomic E-state index is 0.580. The molecule has 20 heavy (non-hydrogen) atoms. The van der Waals surface area contributed by atoms with Crippen molar-refractivity contribution in [2.45, 2.75) is 39.2 Å². The average molecular weight is 267 g/mol. The number of hydrogen-bond acceptors (Lipinski definition) is 2. The lowest BCUT2D eigenvalue weighted by molar-refractivity contribution is 0.750. The molecule has 0 atom stereocenters. The smallest absolute Gasteiger partial charge is 0.132 e. The first-order valence-electron chi connectivity index (χ1n) is 7.17. The predicted octanol–water partition coefficient (Wildman–Crippen LogP) is 3.81. The number of rotatable bonds is 4. The monoisotopic (exact) mass is 267 g/mol. The van der Waals surface area contributed by atoms with Crippen LogP contribution < -0.4 is 5.73 Å². The van der Waals surface area contributed by atoms with E-state index in [9.17, 15) is 0 Å². The van der Waals surface area contributed by atoms with Gasteiger partial charge in [-0.2, -0.15) is 0 Å². The van der Waals surface area contributed by atoms with Crippen LogP contribution in [-0.2, 0) is 6.54 Å². The van der Waals surface area contributed by atoms with E-state index < -0.39 is 0 Å². The molecule has 0 bridgehead atoms. The van der Waals surface area contributed by atoms with Gasteiger partial charge >= 0.3 is 0 Å². The topological polar surface area (TPSA) is 43.8 Å². The van der Waals surface area contributed by atoms with Gasteiger partial charge in [0.1, 0.15) is 17.3 Å². The molecule has 1 saturated carbocycles. The van der Waals surface area contributed by atoms with E-state index in [-0.39, 0.29) is 0 Å². The third-order valence-corrected chi connectivity index (χ3v) is 4.15. The Kier molecular flexibility index (Phi) is 3.13. The second kappa shape index (κ2) is 4.82. The highest BCUT2D eigenvalue weighted by Gasteiger charge is 2.30. The van der Waals surface area contributed by atoms with Crippen LogP contribution in [0, 0.1) is 13.8 Å². The summed E-state index contributed by atoms with van der Waals surface area (Å²) in [7, 11) is 0. The SMILES string of the molecule is C=CCn1c(C2CC2)nc(-c2cccc(C)c2C)c1N. The van der Waals surface area contributed by atoms with Crippen LogP contribution in [0.5, 0.6) is 0 Å². The van der Waals surface area contributed by atoms with Crippen molar-refractivity contribution in [3.63, 3.8) is 0 Å². The van der Waals surface area contributed by atoms with Crippen molar-refractivity contribution >= 4 is 5.82 Å². The number of imidazole rings is 1. The molecule has 104 valence electrons. The summed E-state index contributed by atoms with van der Waals surface area (Å²) in [6.45, 7) is 8.81. The molecule has 0 unspecified atom stereocenters. The van der Waals surface area contributed by atoms with E-state index in [0.29, 0.717) is 5.92 Å². The maximum Gasteiger partial charge on any atom is 0.132 e. The van der Waals surface area contributed by atoms with Crippen LogP contribution >= 0.6 is 0 Å². The molecule has 1 heterocycles. The minimum Gasteiger partial charge on any atom is -0.383 e. The molecule has 0 spiro atoms. The number of hydrogen-bond donors (Lipinski definition) is 1. The van der Waals surface area contributed by atoms with E-state index in [1.54, 1.807) is 0 Å². The van der Waals surface area contributed by atoms with Gasteiger partial charge in [0, 0.05) is 18.0 Å². The third kappa shape index (κ3) is 2.03. The van der Waals surface area contributed by atoms with Crippen molar-refractivity contribution < 1.29 is 0 Å². The highest BCUT2D eigenvalue weighted by Crippen LogP contribution is 2.42. The maximum atomic E-state index is 6.36. The summed E-state index contributed by atoms with van der Waals surface area (Å²) in [6.07, 6.45) is 4.33. The van der Waals surface area contributed by atoms with E-state index in [2.05, 4.69) is 43.2 Å². The Morgan fingerprint density at radius 2 is 2.15 bits per heavy atom. The summed E-state index contributed by atoms with van der Waals surface area (Å²) in [4.78, 5) is 4.85. The Labute approximate surface area is 120 Å². The molecule has 1 fully saturated rings. The van der Waals surface area contributed by atoms with Crippen LogP contribution in [0.2, 0.25) is 0 Å². The van der Waals surface area contributed by atoms with Crippen LogP contribution in [0.25, 0.3) is 11.3 Å². The molecule has 1 aliphatic carbocycles. The van der Waals surface area contributed by atoms with Gasteiger partial charge in [0.15, 0.2) is 0 Å². The van der Waals surface area contributed by atoms with Crippen molar-refractivity contribution in [1.29, 1.82) is 0 Å². The van der Waals surface area contributed by atoms with Gasteiger partial charge in [0.05, 0.1) is 0 Å². The molecule has 3 heteroatoms. The molecule has 1 aromatic heterocycles. The number of allylic oxidation sites excluding steroid dienone is 1. The van der Waals surface area contributed by atoms with Gasteiger partial charge in [-0.05, 0) is 37.8 Å². The van der Waals surface area contributed by atoms with Gasteiger partial charge in [-0.3, -0.25) is 0 Å². The van der Waals surface area contributed by atoms with Crippen LogP contribution in [-0.4, -0.2) is 9.55 Å². The third-order valence-electron chi connectivity index (χ3n) is 4.15. The first-order chi connectivity index (χ1) is 9.63. The van der Waals surface area contributed by atoms with E-state index in [1.807, 2.05) is 6.08 Å². The number of nitrogens with zero attached hydrogens (tertiary/aromatic N) is 2. The number of anilines is 1. The zero-order valence-corrected chi connectivity index (χ0v) is 12.2. The molecule has 3 rings (SSSR count). The molecule has 2 aromatic rings. The fraction of sp³-hybridized carbons (Fsp3) is 0.353. The summed E-state index contributed by atoms with van der Waals surface area (Å²) in [5, 5.41) is 0. The molecule has 1 aliphatic rings. The lowest BCUT2D eigenvalue weighted by Gasteiger charge is -2.08. The maximum absolute atomic E-state index is 6.36. The summed E-state index contributed by atoms with van der Waals surface area (Å²) in [5.74, 6) is 2.47. The molecule has 0 saturated heterocycles. The van der Waals surface area contributed by atoms with Crippen LogP contribution in [0.4, 0.5) is 5.82 Å². The van der Waals surface area contributed by atoms with E-state index in [0.717, 1.165) is 29.4 Å². The van der Waals surface area contributed by atoms with Crippen molar-refractivity contribution in [2.75, 3.05) is 5.73 Å². The number of nitrogens with two attached hydrogens (primary N) is 1. The van der Waals surface area contributed by atoms with Gasteiger partial charge in [-0.25, -0.2) is 4.98 Å². The normalized spacial score (nSPS) is 14.5. The molecule has 1 aromatic carbocycles. The zero-order chi connectivity index (χ0) is 14.3. The number of benzene rings is 1. The predicted molar refractivity (Wildman–Crippen MR) is 83.7 cm³/mol. The number of nitrogen functional groups attached to an aromatic ring is 1. The summed E-state index contributed by atoms with van der Waals surface area (Å²) in [6, 6.07) is 6.30. The quantitative estimate of drug-likeness (QED) is 0.856. The molecule has 0 radical (unpaired) electrons. The van der Waals surface area contributed by atoms with E-state index in [4.69, 9.17) is 10.7 Å². The van der Waals surface area contributed by atoms with Crippen molar-refractivity contribution in [3.05, 3.63) is 47.8 Å². The zero-order valence-electron chi connectivity index (χ0n) is 12.2. The first kappa shape index (κ1) is 13.0. The van der Waals surface area contributed by atoms with Crippen molar-refractivity contribution in [1.82, 2.24) is 9.55 Å². The second-order valence-electron chi connectivity index (χ2n) is 5.62. The molecule has 2 N–H and O–H groups in total. The Morgan fingerprint density at radius 3 is 2.80 bits per heavy atom. The number of aryl methyl sites for hydroxylation is 1. The average Bonchev–Trinajstić information content (AvgIpc) is 3.22. The van der Waals surface area contributed by atoms with Crippen molar-refractivity contribution in [2.24, 2.45) is 0 Å². The Balaban J connectivity index is 2.16. The number of aromatic nitrogens is 2. The molecule has 0 amide bonds. The lowest BCUT2D eigenvalue weighted by Crippen LogP contribution is -2.05. The van der Waals surface area contributed by atoms with E-state index in [1.165, 1.54) is 24.0 Å². The van der Waals surface area contributed by atoms with Crippen molar-refractivity contribution in [3.8, 4) is 11.3 Å². The minimum atomic E-state index is 0.580. The largest absolute Gasteiger partial charge is 0.383 e. The molecule has 0 aliphatic heterocycles. The summed E-state index contributed by atoms with van der Waals surface area (Å²) in [5.41, 5.74) is 11.0. The fourth-order valence-corrected chi connectivity index (χ4v) is 2.66. The Hall–Kier alpha value is -2.03. The highest BCUT2D eigenvalue weighted by molar-refractivity contribution is 5.74. The molecular weight excluding hydrogens is 246 g/mol. The van der Waals surface area contributed by atoms with E-state index >= 15 is 0 Å². The standard InChI is InChI=1S/C17H21N3/c1-4-10-20-16(18)15(19-17(20)13-8-9-13)14-7-5-6-11(2)12(14)3/h4-7,13H,1,8-10,18H2,2-3H3. The Bertz CT molecular complexity index is 663. The van der Waals surface area contributed by atoms with Crippen LogP contribution in [0.1, 0.15) is 35.7 Å². The van der Waals surface area contributed by atoms with Gasteiger partial charge < -0.3 is 10.3 Å². The van der Waals surface area contributed by atoms with Crippen LogP contribution in [0.15, 0.2) is 30.9 Å². The van der Waals surface area contributed by atoms with Gasteiger partial charge in [0.2, 0.25) is 0 Å². The molecule has 3 nitrogen and oxygen atoms in total. The summed E-state index contributed by atoms with van der Waals surface area (Å²) >= 11 is 0. The second-order valence-corrected chi connectivity index (χ2v) is 5.62. The lowest BCUT2D eigenvalue weighted by atomic mass is 10.0. The summed E-state index contributed by atoms with van der Waals surface area (Å²) < 4.78 is 2.11. The first-order valence-corrected chi connectivity index (χ1v) is 7.17. The van der Waals surface area contributed by atoms with Crippen LogP contribution in [0.3, 0.4) is 0 Å². The van der Waals surface area contributed by atoms with Gasteiger partial charge in [-0.15, -0.1) is 6.58 Å². The molecular formula is C17H21N3. The van der Waals surface area contributed by atoms with Gasteiger partial charge in [0.25, 0.3) is 0 Å². The highest BCUT2D eigenvalue weighted by atomic mass is 15.1. The Morgan fingerprint density at radius 1 is 1.40 bits per heavy atom. The fourth-order valence-electron chi connectivity index (χ4n) is 2.66.